The van der Waals surface area contributed by atoms with Gasteiger partial charge in [-0.2, -0.15) is 0 Å². The Morgan fingerprint density at radius 2 is 2.06 bits per heavy atom. The van der Waals surface area contributed by atoms with Gasteiger partial charge in [0.2, 0.25) is 0 Å². The summed E-state index contributed by atoms with van der Waals surface area (Å²) in [7, 11) is 0. The first-order valence-corrected chi connectivity index (χ1v) is 5.57. The molecule has 2 N–H and O–H groups in total. The van der Waals surface area contributed by atoms with Crippen molar-refractivity contribution in [2.45, 2.75) is 25.3 Å². The molecule has 0 saturated carbocycles. The third-order valence-corrected chi connectivity index (χ3v) is 3.25. The Kier molecular flexibility index (Phi) is 2.13. The second kappa shape index (κ2) is 3.63. The Bertz CT molecular complexity index is 490. The van der Waals surface area contributed by atoms with Crippen molar-refractivity contribution in [2.24, 2.45) is 0 Å². The second-order valence-electron chi connectivity index (χ2n) is 4.28. The highest BCUT2D eigenvalue weighted by atomic mass is 15.2. The zero-order valence-electron chi connectivity index (χ0n) is 9.00. The molecule has 3 rings (SSSR count). The van der Waals surface area contributed by atoms with Gasteiger partial charge < -0.3 is 10.3 Å². The minimum absolute atomic E-state index is 0.374. The molecule has 1 aliphatic rings. The fourth-order valence-electron chi connectivity index (χ4n) is 2.49. The molecule has 1 aromatic heterocycles. The maximum absolute atomic E-state index is 5.81. The first kappa shape index (κ1) is 9.39. The normalized spacial score (nSPS) is 19.4. The van der Waals surface area contributed by atoms with E-state index in [-0.39, 0.29) is 0 Å². The van der Waals surface area contributed by atoms with Gasteiger partial charge in [-0.15, -0.1) is 10.2 Å². The minimum atomic E-state index is 0.374. The van der Waals surface area contributed by atoms with Gasteiger partial charge in [-0.25, -0.2) is 0 Å². The Morgan fingerprint density at radius 1 is 1.25 bits per heavy atom. The van der Waals surface area contributed by atoms with Crippen LogP contribution in [0.15, 0.2) is 30.9 Å². The quantitative estimate of drug-likeness (QED) is 0.736. The lowest BCUT2D eigenvalue weighted by Gasteiger charge is -2.26. The van der Waals surface area contributed by atoms with Gasteiger partial charge in [0, 0.05) is 5.69 Å². The van der Waals surface area contributed by atoms with Gasteiger partial charge in [0.1, 0.15) is 12.7 Å². The molecule has 0 bridgehead atoms. The van der Waals surface area contributed by atoms with Crippen molar-refractivity contribution in [2.75, 3.05) is 5.73 Å². The van der Waals surface area contributed by atoms with Crippen molar-refractivity contribution in [1.82, 2.24) is 14.8 Å². The summed E-state index contributed by atoms with van der Waals surface area (Å²) in [6.45, 7) is 0. The number of anilines is 1. The van der Waals surface area contributed by atoms with Gasteiger partial charge in [0.05, 0.1) is 6.04 Å². The van der Waals surface area contributed by atoms with Gasteiger partial charge in [0.15, 0.2) is 0 Å². The smallest absolute Gasteiger partial charge is 0.119 e. The van der Waals surface area contributed by atoms with E-state index < -0.39 is 0 Å². The number of fused-ring (bicyclic) bond motifs is 1. The number of hydrogen-bond donors (Lipinski definition) is 1. The number of aryl methyl sites for hydroxylation is 1. The molecule has 2 aromatic rings. The second-order valence-corrected chi connectivity index (χ2v) is 4.28. The molecule has 16 heavy (non-hydrogen) atoms. The number of nitrogens with zero attached hydrogens (tertiary/aromatic N) is 3. The fourth-order valence-corrected chi connectivity index (χ4v) is 2.49. The first-order valence-electron chi connectivity index (χ1n) is 5.57. The highest BCUT2D eigenvalue weighted by Gasteiger charge is 2.21. The van der Waals surface area contributed by atoms with Crippen LogP contribution in [0.4, 0.5) is 5.69 Å². The van der Waals surface area contributed by atoms with Crippen LogP contribution in [0.5, 0.6) is 0 Å². The van der Waals surface area contributed by atoms with E-state index in [1.807, 2.05) is 6.07 Å². The van der Waals surface area contributed by atoms with Crippen LogP contribution in [0, 0.1) is 0 Å². The molecule has 0 saturated heterocycles. The summed E-state index contributed by atoms with van der Waals surface area (Å²) in [5.41, 5.74) is 9.39. The van der Waals surface area contributed by atoms with Gasteiger partial charge >= 0.3 is 0 Å². The summed E-state index contributed by atoms with van der Waals surface area (Å²) < 4.78 is 2.08. The number of benzene rings is 1. The summed E-state index contributed by atoms with van der Waals surface area (Å²) in [6.07, 6.45) is 7.04. The van der Waals surface area contributed by atoms with E-state index in [1.54, 1.807) is 12.7 Å². The standard InChI is InChI=1S/C12H14N4/c13-10-4-5-11-9(6-10)2-1-3-12(11)16-7-14-15-8-16/h4-8,12H,1-3,13H2. The lowest BCUT2D eigenvalue weighted by Crippen LogP contribution is -2.16. The Labute approximate surface area is 94.1 Å². The summed E-state index contributed by atoms with van der Waals surface area (Å²) >= 11 is 0. The van der Waals surface area contributed by atoms with Crippen LogP contribution in [0.1, 0.15) is 30.0 Å². The predicted octanol–water partition coefficient (Wildman–Crippen LogP) is 1.79. The highest BCUT2D eigenvalue weighted by Crippen LogP contribution is 2.33. The Morgan fingerprint density at radius 3 is 2.88 bits per heavy atom. The monoisotopic (exact) mass is 214 g/mol. The summed E-state index contributed by atoms with van der Waals surface area (Å²) in [5, 5.41) is 7.75. The molecule has 1 atom stereocenters. The number of aromatic nitrogens is 3. The number of rotatable bonds is 1. The molecule has 0 radical (unpaired) electrons. The lowest BCUT2D eigenvalue weighted by atomic mass is 9.87. The van der Waals surface area contributed by atoms with E-state index in [4.69, 9.17) is 5.73 Å². The zero-order chi connectivity index (χ0) is 11.0. The van der Waals surface area contributed by atoms with Gasteiger partial charge in [0.25, 0.3) is 0 Å². The number of nitrogens with two attached hydrogens (primary N) is 1. The molecule has 1 aliphatic carbocycles. The molecule has 82 valence electrons. The highest BCUT2D eigenvalue weighted by molar-refractivity contribution is 5.46. The van der Waals surface area contributed by atoms with E-state index >= 15 is 0 Å². The molecule has 4 nitrogen and oxygen atoms in total. The average Bonchev–Trinajstić information content (AvgIpc) is 2.81. The number of nitrogen functional groups attached to an aromatic ring is 1. The van der Waals surface area contributed by atoms with Crippen LogP contribution in [-0.4, -0.2) is 14.8 Å². The van der Waals surface area contributed by atoms with Gasteiger partial charge in [-0.3, -0.25) is 0 Å². The average molecular weight is 214 g/mol. The van der Waals surface area contributed by atoms with Crippen molar-refractivity contribution in [1.29, 1.82) is 0 Å². The van der Waals surface area contributed by atoms with E-state index in [1.165, 1.54) is 17.5 Å². The maximum Gasteiger partial charge on any atom is 0.119 e. The third-order valence-electron chi connectivity index (χ3n) is 3.25. The molecular weight excluding hydrogens is 200 g/mol. The van der Waals surface area contributed by atoms with Crippen LogP contribution >= 0.6 is 0 Å². The van der Waals surface area contributed by atoms with Crippen molar-refractivity contribution in [3.63, 3.8) is 0 Å². The summed E-state index contributed by atoms with van der Waals surface area (Å²) in [5.74, 6) is 0. The van der Waals surface area contributed by atoms with E-state index in [9.17, 15) is 0 Å². The van der Waals surface area contributed by atoms with E-state index in [0.29, 0.717) is 6.04 Å². The lowest BCUT2D eigenvalue weighted by molar-refractivity contribution is 0.488. The topological polar surface area (TPSA) is 56.7 Å². The van der Waals surface area contributed by atoms with Crippen LogP contribution in [0.3, 0.4) is 0 Å². The molecule has 1 aromatic carbocycles. The Balaban J connectivity index is 2.06. The SMILES string of the molecule is Nc1ccc2c(c1)CCCC2n1cnnc1. The van der Waals surface area contributed by atoms with E-state index in [2.05, 4.69) is 26.9 Å². The molecule has 1 unspecified atom stereocenters. The van der Waals surface area contributed by atoms with Gasteiger partial charge in [-0.05, 0) is 42.5 Å². The maximum atomic E-state index is 5.81. The van der Waals surface area contributed by atoms with Crippen molar-refractivity contribution < 1.29 is 0 Å². The van der Waals surface area contributed by atoms with Crippen molar-refractivity contribution >= 4 is 5.69 Å². The zero-order valence-corrected chi connectivity index (χ0v) is 9.00. The fraction of sp³-hybridized carbons (Fsp3) is 0.333. The largest absolute Gasteiger partial charge is 0.399 e. The predicted molar refractivity (Wildman–Crippen MR) is 62.0 cm³/mol. The van der Waals surface area contributed by atoms with Crippen LogP contribution in [0.2, 0.25) is 0 Å². The van der Waals surface area contributed by atoms with Gasteiger partial charge in [-0.1, -0.05) is 6.07 Å². The molecule has 0 fully saturated rings. The third kappa shape index (κ3) is 1.46. The molecule has 0 aliphatic heterocycles. The van der Waals surface area contributed by atoms with Crippen LogP contribution in [-0.2, 0) is 6.42 Å². The Hall–Kier alpha value is -1.84. The minimum Gasteiger partial charge on any atom is -0.399 e. The molecule has 0 spiro atoms. The molecule has 1 heterocycles. The molecule has 0 amide bonds. The van der Waals surface area contributed by atoms with Crippen molar-refractivity contribution in [3.05, 3.63) is 42.0 Å². The van der Waals surface area contributed by atoms with Crippen LogP contribution in [0.25, 0.3) is 0 Å². The first-order chi connectivity index (χ1) is 7.84. The summed E-state index contributed by atoms with van der Waals surface area (Å²) in [4.78, 5) is 0. The molecule has 4 heteroatoms. The van der Waals surface area contributed by atoms with E-state index in [0.717, 1.165) is 18.5 Å². The summed E-state index contributed by atoms with van der Waals surface area (Å²) in [6, 6.07) is 6.57. The molecular formula is C12H14N4. The van der Waals surface area contributed by atoms with Crippen molar-refractivity contribution in [3.8, 4) is 0 Å². The van der Waals surface area contributed by atoms with Crippen LogP contribution < -0.4 is 5.73 Å². The number of hydrogen-bond acceptors (Lipinski definition) is 3.